The average Bonchev–Trinajstić information content (AvgIpc) is 3.46. The van der Waals surface area contributed by atoms with Crippen LogP contribution in [0.15, 0.2) is 76.1 Å². The first kappa shape index (κ1) is 26.3. The maximum Gasteiger partial charge on any atom is 0.265 e. The summed E-state index contributed by atoms with van der Waals surface area (Å²) in [5.74, 6) is 2.22. The molecule has 9 heteroatoms. The van der Waals surface area contributed by atoms with Crippen LogP contribution < -0.4 is 5.56 Å². The number of rotatable bonds is 8. The molecular weight excluding hydrogens is 511 g/mol. The van der Waals surface area contributed by atoms with Crippen molar-refractivity contribution in [1.29, 1.82) is 0 Å². The Bertz CT molecular complexity index is 1620. The van der Waals surface area contributed by atoms with Crippen LogP contribution in [0.2, 0.25) is 0 Å². The van der Waals surface area contributed by atoms with E-state index in [0.717, 1.165) is 19.3 Å². The molecule has 0 radical (unpaired) electrons. The number of aliphatic hydroxyl groups excluding tert-OH is 1. The molecule has 2 aliphatic rings. The van der Waals surface area contributed by atoms with Crippen molar-refractivity contribution in [2.45, 2.75) is 57.2 Å². The van der Waals surface area contributed by atoms with Crippen LogP contribution in [0.5, 0.6) is 0 Å². The molecule has 3 atom stereocenters. The highest BCUT2D eigenvalue weighted by molar-refractivity contribution is 5.82. The minimum atomic E-state index is -1.38. The number of hydrogen-bond donors (Lipinski definition) is 2. The van der Waals surface area contributed by atoms with E-state index in [1.165, 1.54) is 16.7 Å². The maximum atomic E-state index is 13.7. The molecule has 0 spiro atoms. The van der Waals surface area contributed by atoms with Gasteiger partial charge in [-0.2, -0.15) is 4.98 Å². The van der Waals surface area contributed by atoms with E-state index in [4.69, 9.17) is 14.5 Å². The monoisotopic (exact) mass is 542 g/mol. The van der Waals surface area contributed by atoms with E-state index in [1.54, 1.807) is 30.3 Å². The lowest BCUT2D eigenvalue weighted by atomic mass is 9.70. The lowest BCUT2D eigenvalue weighted by molar-refractivity contribution is -0.0465. The van der Waals surface area contributed by atoms with Gasteiger partial charge in [-0.15, -0.1) is 0 Å². The zero-order chi connectivity index (χ0) is 27.6. The smallest absolute Gasteiger partial charge is 0.265 e. The van der Waals surface area contributed by atoms with Gasteiger partial charge < -0.3 is 14.7 Å². The first-order valence-electron chi connectivity index (χ1n) is 13.8. The maximum absolute atomic E-state index is 13.7. The normalized spacial score (nSPS) is 20.4. The molecule has 2 heterocycles. The number of aryl methyl sites for hydroxylation is 1. The lowest BCUT2D eigenvalue weighted by Crippen LogP contribution is -2.25. The van der Waals surface area contributed by atoms with Gasteiger partial charge in [-0.3, -0.25) is 9.36 Å². The topological polar surface area (TPSA) is 114 Å². The Morgan fingerprint density at radius 1 is 1.02 bits per heavy atom. The molecule has 0 saturated heterocycles. The Morgan fingerprint density at radius 3 is 2.67 bits per heavy atom. The Morgan fingerprint density at radius 2 is 1.85 bits per heavy atom. The summed E-state index contributed by atoms with van der Waals surface area (Å²) in [6.07, 6.45) is 12.4. The van der Waals surface area contributed by atoms with Crippen LogP contribution in [0.3, 0.4) is 0 Å². The summed E-state index contributed by atoms with van der Waals surface area (Å²) in [5.41, 5.74) is 1.46. The molecule has 2 aliphatic carbocycles. The predicted octanol–water partition coefficient (Wildman–Crippen LogP) is 5.22. The molecule has 3 unspecified atom stereocenters. The standard InChI is InChI=1S/C31H31FN4O4/c32-21-13-15-22(16-14-21)36-27(10-3-4-11-28(37)38)33-26-18-20(12-17-25(26)31(36)39)29-34-30(40-35-29)24-9-5-7-19-6-1-2-8-23(19)24/h1-2,6,8,12-19,23-24,28,37-38H,3-5,7,9-11H2. The van der Waals surface area contributed by atoms with Crippen molar-refractivity contribution in [3.05, 3.63) is 94.7 Å². The molecule has 2 aromatic carbocycles. The van der Waals surface area contributed by atoms with E-state index >= 15 is 0 Å². The van der Waals surface area contributed by atoms with Crippen molar-refractivity contribution in [2.75, 3.05) is 0 Å². The Balaban J connectivity index is 1.35. The summed E-state index contributed by atoms with van der Waals surface area (Å²) in [6, 6.07) is 11.0. The van der Waals surface area contributed by atoms with Crippen LogP contribution in [0.25, 0.3) is 28.0 Å². The Hall–Kier alpha value is -3.95. The van der Waals surface area contributed by atoms with E-state index < -0.39 is 12.1 Å². The third-order valence-corrected chi connectivity index (χ3v) is 7.97. The fraction of sp³-hybridized carbons (Fsp3) is 0.355. The molecule has 0 aliphatic heterocycles. The first-order valence-corrected chi connectivity index (χ1v) is 13.8. The predicted molar refractivity (Wildman–Crippen MR) is 148 cm³/mol. The van der Waals surface area contributed by atoms with Crippen LogP contribution >= 0.6 is 0 Å². The fourth-order valence-corrected chi connectivity index (χ4v) is 5.95. The minimum Gasteiger partial charge on any atom is -0.368 e. The molecule has 0 amide bonds. The van der Waals surface area contributed by atoms with Crippen LogP contribution in [0.4, 0.5) is 4.39 Å². The summed E-state index contributed by atoms with van der Waals surface area (Å²) in [5, 5.41) is 23.1. The van der Waals surface area contributed by atoms with E-state index in [2.05, 4.69) is 29.5 Å². The number of allylic oxidation sites excluding steroid dienone is 4. The SMILES string of the molecule is O=c1c2ccc(-c3noc(C4CCCC5C=CC=CC54)n3)cc2nc(CCCCC(O)O)n1-c1ccc(F)cc1. The quantitative estimate of drug-likeness (QED) is 0.232. The minimum absolute atomic E-state index is 0.173. The highest BCUT2D eigenvalue weighted by Crippen LogP contribution is 2.43. The number of halogens is 1. The second-order valence-corrected chi connectivity index (χ2v) is 10.6. The number of unbranched alkanes of at least 4 members (excludes halogenated alkanes) is 1. The third kappa shape index (κ3) is 5.26. The molecular formula is C31H31FN4O4. The number of benzene rings is 2. The van der Waals surface area contributed by atoms with E-state index in [0.29, 0.717) is 70.8 Å². The van der Waals surface area contributed by atoms with Gasteiger partial charge in [0.15, 0.2) is 6.29 Å². The second kappa shape index (κ2) is 11.3. The molecule has 4 aromatic rings. The fourth-order valence-electron chi connectivity index (χ4n) is 5.95. The Kier molecular flexibility index (Phi) is 7.40. The third-order valence-electron chi connectivity index (χ3n) is 7.97. The number of nitrogens with zero attached hydrogens (tertiary/aromatic N) is 4. The second-order valence-electron chi connectivity index (χ2n) is 10.6. The number of aliphatic hydroxyl groups is 2. The van der Waals surface area contributed by atoms with Gasteiger partial charge in [0.1, 0.15) is 11.6 Å². The number of aromatic nitrogens is 4. The summed E-state index contributed by atoms with van der Waals surface area (Å²) >= 11 is 0. The van der Waals surface area contributed by atoms with E-state index in [-0.39, 0.29) is 17.9 Å². The van der Waals surface area contributed by atoms with Gasteiger partial charge in [-0.05, 0) is 80.3 Å². The Labute approximate surface area is 230 Å². The summed E-state index contributed by atoms with van der Waals surface area (Å²) in [6.45, 7) is 0. The highest BCUT2D eigenvalue weighted by Gasteiger charge is 2.35. The van der Waals surface area contributed by atoms with Gasteiger partial charge >= 0.3 is 0 Å². The zero-order valence-corrected chi connectivity index (χ0v) is 22.0. The molecule has 2 N–H and O–H groups in total. The molecule has 1 fully saturated rings. The molecule has 1 saturated carbocycles. The summed E-state index contributed by atoms with van der Waals surface area (Å²) in [7, 11) is 0. The molecule has 0 bridgehead atoms. The van der Waals surface area contributed by atoms with Crippen molar-refractivity contribution in [1.82, 2.24) is 19.7 Å². The summed E-state index contributed by atoms with van der Waals surface area (Å²) in [4.78, 5) is 23.3. The number of hydrogen-bond acceptors (Lipinski definition) is 7. The van der Waals surface area contributed by atoms with Gasteiger partial charge in [0.25, 0.3) is 5.56 Å². The largest absolute Gasteiger partial charge is 0.368 e. The van der Waals surface area contributed by atoms with Crippen molar-refractivity contribution in [2.24, 2.45) is 11.8 Å². The van der Waals surface area contributed by atoms with Gasteiger partial charge in [0.05, 0.1) is 16.6 Å². The van der Waals surface area contributed by atoms with E-state index in [9.17, 15) is 19.4 Å². The molecule has 2 aromatic heterocycles. The van der Waals surface area contributed by atoms with Crippen molar-refractivity contribution >= 4 is 10.9 Å². The van der Waals surface area contributed by atoms with Crippen LogP contribution in [-0.4, -0.2) is 36.2 Å². The van der Waals surface area contributed by atoms with E-state index in [1.807, 2.05) is 0 Å². The molecule has 206 valence electrons. The van der Waals surface area contributed by atoms with Crippen LogP contribution in [0.1, 0.15) is 56.2 Å². The van der Waals surface area contributed by atoms with Gasteiger partial charge in [-0.1, -0.05) is 41.9 Å². The average molecular weight is 543 g/mol. The van der Waals surface area contributed by atoms with Crippen LogP contribution in [-0.2, 0) is 6.42 Å². The van der Waals surface area contributed by atoms with Crippen molar-refractivity contribution < 1.29 is 19.1 Å². The van der Waals surface area contributed by atoms with Crippen molar-refractivity contribution in [3.63, 3.8) is 0 Å². The number of fused-ring (bicyclic) bond motifs is 2. The van der Waals surface area contributed by atoms with Crippen molar-refractivity contribution in [3.8, 4) is 17.1 Å². The first-order chi connectivity index (χ1) is 19.5. The summed E-state index contributed by atoms with van der Waals surface area (Å²) < 4.78 is 20.9. The molecule has 8 nitrogen and oxygen atoms in total. The lowest BCUT2D eigenvalue weighted by Gasteiger charge is -2.34. The highest BCUT2D eigenvalue weighted by atomic mass is 19.1. The van der Waals surface area contributed by atoms with Gasteiger partial charge in [0.2, 0.25) is 11.7 Å². The van der Waals surface area contributed by atoms with Gasteiger partial charge in [-0.25, -0.2) is 9.37 Å². The van der Waals surface area contributed by atoms with Gasteiger partial charge in [0, 0.05) is 17.9 Å². The van der Waals surface area contributed by atoms with Crippen LogP contribution in [0, 0.1) is 17.7 Å². The zero-order valence-electron chi connectivity index (χ0n) is 22.0. The molecule has 6 rings (SSSR count). The molecule has 40 heavy (non-hydrogen) atoms.